The van der Waals surface area contributed by atoms with E-state index in [9.17, 15) is 0 Å². The summed E-state index contributed by atoms with van der Waals surface area (Å²) in [4.78, 5) is 8.82. The number of anilines is 1. The predicted molar refractivity (Wildman–Crippen MR) is 91.7 cm³/mol. The molecule has 2 nitrogen and oxygen atoms in total. The maximum Gasteiger partial charge on any atom is 0.129 e. The van der Waals surface area contributed by atoms with E-state index in [1.807, 2.05) is 11.3 Å². The highest BCUT2D eigenvalue weighted by molar-refractivity contribution is 7.10. The first-order valence-corrected chi connectivity index (χ1v) is 8.91. The van der Waals surface area contributed by atoms with Crippen LogP contribution in [0.3, 0.4) is 0 Å². The van der Waals surface area contributed by atoms with Crippen LogP contribution in [0.15, 0.2) is 23.6 Å². The number of rotatable bonds is 3. The number of pyridine rings is 1. The summed E-state index contributed by atoms with van der Waals surface area (Å²) in [5.74, 6) is 2.03. The zero-order chi connectivity index (χ0) is 15.0. The molecule has 0 fully saturated rings. The van der Waals surface area contributed by atoms with Gasteiger partial charge in [-0.15, -0.1) is 22.9 Å². The number of halogens is 1. The molecular formula is C17H21ClN2S. The first-order chi connectivity index (χ1) is 10.1. The van der Waals surface area contributed by atoms with Crippen molar-refractivity contribution < 1.29 is 0 Å². The maximum absolute atomic E-state index is 6.07. The Morgan fingerprint density at radius 2 is 2.24 bits per heavy atom. The van der Waals surface area contributed by atoms with Gasteiger partial charge in [-0.1, -0.05) is 13.8 Å². The van der Waals surface area contributed by atoms with Crippen molar-refractivity contribution in [3.05, 3.63) is 45.3 Å². The van der Waals surface area contributed by atoms with Crippen LogP contribution in [-0.4, -0.2) is 11.5 Å². The summed E-state index contributed by atoms with van der Waals surface area (Å²) in [6.07, 6.45) is 1.11. The fourth-order valence-electron chi connectivity index (χ4n) is 2.94. The van der Waals surface area contributed by atoms with Gasteiger partial charge in [0.25, 0.3) is 0 Å². The third-order valence-corrected chi connectivity index (χ3v) is 5.51. The standard InChI is InChI=1S/C17H21ClN2S/c1-11(2)15-8-13(10-18)9-17(19-15)20-6-4-16-14(12(20)3)5-7-21-16/h5,7-9,11-12H,4,6,10H2,1-3H3. The minimum Gasteiger partial charge on any atom is -0.349 e. The van der Waals surface area contributed by atoms with E-state index in [4.69, 9.17) is 16.6 Å². The lowest BCUT2D eigenvalue weighted by molar-refractivity contribution is 0.621. The Morgan fingerprint density at radius 1 is 1.43 bits per heavy atom. The molecule has 0 N–H and O–H groups in total. The quantitative estimate of drug-likeness (QED) is 0.729. The Balaban J connectivity index is 1.99. The number of aromatic nitrogens is 1. The highest BCUT2D eigenvalue weighted by Gasteiger charge is 2.26. The van der Waals surface area contributed by atoms with E-state index in [-0.39, 0.29) is 0 Å². The molecule has 4 heteroatoms. The molecule has 0 aromatic carbocycles. The largest absolute Gasteiger partial charge is 0.349 e. The molecule has 0 aliphatic carbocycles. The molecule has 0 radical (unpaired) electrons. The van der Waals surface area contributed by atoms with Crippen LogP contribution < -0.4 is 4.90 Å². The molecule has 0 saturated carbocycles. The minimum atomic E-state index is 0.387. The summed E-state index contributed by atoms with van der Waals surface area (Å²) >= 11 is 7.94. The Morgan fingerprint density at radius 3 is 2.95 bits per heavy atom. The molecule has 1 aliphatic heterocycles. The van der Waals surface area contributed by atoms with Crippen molar-refractivity contribution in [2.24, 2.45) is 0 Å². The van der Waals surface area contributed by atoms with Gasteiger partial charge in [0.15, 0.2) is 0 Å². The van der Waals surface area contributed by atoms with E-state index in [1.165, 1.54) is 10.4 Å². The molecule has 2 aromatic heterocycles. The third-order valence-electron chi connectivity index (χ3n) is 4.21. The summed E-state index contributed by atoms with van der Waals surface area (Å²) in [5, 5.41) is 2.20. The van der Waals surface area contributed by atoms with Crippen molar-refractivity contribution in [1.82, 2.24) is 4.98 Å². The first kappa shape index (κ1) is 14.9. The van der Waals surface area contributed by atoms with Crippen LogP contribution in [0.25, 0.3) is 0 Å². The third kappa shape index (κ3) is 2.82. The van der Waals surface area contributed by atoms with Crippen molar-refractivity contribution in [1.29, 1.82) is 0 Å². The number of hydrogen-bond donors (Lipinski definition) is 0. The highest BCUT2D eigenvalue weighted by atomic mass is 35.5. The van der Waals surface area contributed by atoms with E-state index in [0.717, 1.165) is 30.0 Å². The molecule has 0 spiro atoms. The van der Waals surface area contributed by atoms with Gasteiger partial charge in [0, 0.05) is 23.0 Å². The van der Waals surface area contributed by atoms with E-state index in [1.54, 1.807) is 0 Å². The fourth-order valence-corrected chi connectivity index (χ4v) is 4.05. The van der Waals surface area contributed by atoms with Gasteiger partial charge in [0.2, 0.25) is 0 Å². The van der Waals surface area contributed by atoms with Gasteiger partial charge in [-0.05, 0) is 54.0 Å². The molecule has 2 aromatic rings. The Labute approximate surface area is 135 Å². The van der Waals surface area contributed by atoms with Crippen molar-refractivity contribution in [3.63, 3.8) is 0 Å². The molecule has 112 valence electrons. The smallest absolute Gasteiger partial charge is 0.129 e. The Kier molecular flexibility index (Phi) is 4.23. The summed E-state index contributed by atoms with van der Waals surface area (Å²) < 4.78 is 0. The normalized spacial score (nSPS) is 18.1. The van der Waals surface area contributed by atoms with Gasteiger partial charge < -0.3 is 4.90 Å². The molecule has 0 amide bonds. The van der Waals surface area contributed by atoms with Crippen LogP contribution in [0.5, 0.6) is 0 Å². The van der Waals surface area contributed by atoms with E-state index in [0.29, 0.717) is 17.8 Å². The summed E-state index contributed by atoms with van der Waals surface area (Å²) in [7, 11) is 0. The average Bonchev–Trinajstić information content (AvgIpc) is 2.96. The van der Waals surface area contributed by atoms with Crippen LogP contribution >= 0.6 is 22.9 Å². The van der Waals surface area contributed by atoms with Gasteiger partial charge in [0.05, 0.1) is 6.04 Å². The van der Waals surface area contributed by atoms with Gasteiger partial charge in [0.1, 0.15) is 5.82 Å². The van der Waals surface area contributed by atoms with E-state index < -0.39 is 0 Å². The highest BCUT2D eigenvalue weighted by Crippen LogP contribution is 2.36. The number of nitrogens with zero attached hydrogens (tertiary/aromatic N) is 2. The SMILES string of the molecule is CC(C)c1cc(CCl)cc(N2CCc3sccc3C2C)n1. The number of fused-ring (bicyclic) bond motifs is 1. The molecule has 1 unspecified atom stereocenters. The molecule has 21 heavy (non-hydrogen) atoms. The lowest BCUT2D eigenvalue weighted by Gasteiger charge is -2.35. The molecule has 1 aliphatic rings. The van der Waals surface area contributed by atoms with Crippen molar-refractivity contribution >= 4 is 28.8 Å². The molecule has 0 bridgehead atoms. The second kappa shape index (κ2) is 5.98. The van der Waals surface area contributed by atoms with Crippen LogP contribution in [-0.2, 0) is 12.3 Å². The summed E-state index contributed by atoms with van der Waals surface area (Å²) in [6, 6.07) is 6.92. The average molecular weight is 321 g/mol. The monoisotopic (exact) mass is 320 g/mol. The molecule has 1 atom stereocenters. The van der Waals surface area contributed by atoms with Crippen LogP contribution in [0.4, 0.5) is 5.82 Å². The second-order valence-electron chi connectivity index (χ2n) is 5.97. The lowest BCUT2D eigenvalue weighted by Crippen LogP contribution is -2.34. The zero-order valence-electron chi connectivity index (χ0n) is 12.8. The zero-order valence-corrected chi connectivity index (χ0v) is 14.3. The van der Waals surface area contributed by atoms with Crippen LogP contribution in [0.2, 0.25) is 0 Å². The summed E-state index contributed by atoms with van der Waals surface area (Å²) in [6.45, 7) is 7.67. The van der Waals surface area contributed by atoms with Gasteiger partial charge in [-0.2, -0.15) is 0 Å². The molecular weight excluding hydrogens is 300 g/mol. The summed E-state index contributed by atoms with van der Waals surface area (Å²) in [5.41, 5.74) is 3.75. The van der Waals surface area contributed by atoms with Gasteiger partial charge in [-0.3, -0.25) is 0 Å². The van der Waals surface area contributed by atoms with Crippen molar-refractivity contribution in [2.75, 3.05) is 11.4 Å². The molecule has 3 heterocycles. The second-order valence-corrected chi connectivity index (χ2v) is 7.23. The number of thiophene rings is 1. The lowest BCUT2D eigenvalue weighted by atomic mass is 10.0. The van der Waals surface area contributed by atoms with Gasteiger partial charge >= 0.3 is 0 Å². The van der Waals surface area contributed by atoms with E-state index >= 15 is 0 Å². The van der Waals surface area contributed by atoms with Crippen LogP contribution in [0, 0.1) is 0 Å². The van der Waals surface area contributed by atoms with E-state index in [2.05, 4.69) is 49.3 Å². The number of alkyl halides is 1. The first-order valence-electron chi connectivity index (χ1n) is 7.50. The van der Waals surface area contributed by atoms with Gasteiger partial charge in [-0.25, -0.2) is 4.98 Å². The minimum absolute atomic E-state index is 0.387. The number of hydrogen-bond acceptors (Lipinski definition) is 3. The fraction of sp³-hybridized carbons (Fsp3) is 0.471. The molecule has 0 saturated heterocycles. The van der Waals surface area contributed by atoms with Crippen molar-refractivity contribution in [3.8, 4) is 0 Å². The topological polar surface area (TPSA) is 16.1 Å². The van der Waals surface area contributed by atoms with Crippen molar-refractivity contribution in [2.45, 2.75) is 45.0 Å². The maximum atomic E-state index is 6.07. The predicted octanol–water partition coefficient (Wildman–Crippen LogP) is 5.13. The Hall–Kier alpha value is -1.06. The van der Waals surface area contributed by atoms with Crippen LogP contribution in [0.1, 0.15) is 54.4 Å². The Bertz CT molecular complexity index is 635. The molecule has 3 rings (SSSR count).